The highest BCUT2D eigenvalue weighted by Gasteiger charge is 2.22. The van der Waals surface area contributed by atoms with Gasteiger partial charge in [-0.1, -0.05) is 17.7 Å². The number of benzene rings is 1. The van der Waals surface area contributed by atoms with E-state index in [0.717, 1.165) is 5.56 Å². The molecule has 3 rings (SSSR count). The summed E-state index contributed by atoms with van der Waals surface area (Å²) in [5.74, 6) is 0.368. The molecule has 0 saturated heterocycles. The summed E-state index contributed by atoms with van der Waals surface area (Å²) in [6.07, 6.45) is 1.41. The second kappa shape index (κ2) is 4.55. The summed E-state index contributed by atoms with van der Waals surface area (Å²) in [6, 6.07) is 3.66. The van der Waals surface area contributed by atoms with Gasteiger partial charge in [0.25, 0.3) is 21.7 Å². The number of rotatable bonds is 3. The quantitative estimate of drug-likeness (QED) is 0.756. The Kier molecular flexibility index (Phi) is 2.94. The van der Waals surface area contributed by atoms with E-state index in [2.05, 4.69) is 25.0 Å². The molecule has 2 heterocycles. The molecule has 2 N–H and O–H groups in total. The molecule has 0 bridgehead atoms. The van der Waals surface area contributed by atoms with Gasteiger partial charge in [-0.2, -0.15) is 9.50 Å². The Labute approximate surface area is 121 Å². The molecule has 0 radical (unpaired) electrons. The third-order valence-electron chi connectivity index (χ3n) is 3.11. The molecule has 0 amide bonds. The van der Waals surface area contributed by atoms with E-state index in [1.165, 1.54) is 10.8 Å². The van der Waals surface area contributed by atoms with Gasteiger partial charge in [0.2, 0.25) is 0 Å². The lowest BCUT2D eigenvalue weighted by Gasteiger charge is -2.12. The molecule has 110 valence electrons. The highest BCUT2D eigenvalue weighted by atomic mass is 32.2. The van der Waals surface area contributed by atoms with Gasteiger partial charge in [-0.3, -0.25) is 5.10 Å². The van der Waals surface area contributed by atoms with Crippen LogP contribution in [0.4, 0.5) is 5.95 Å². The van der Waals surface area contributed by atoms with E-state index < -0.39 is 10.0 Å². The van der Waals surface area contributed by atoms with Crippen LogP contribution in [0.15, 0.2) is 23.4 Å². The van der Waals surface area contributed by atoms with Crippen molar-refractivity contribution in [3.8, 4) is 0 Å². The molecule has 0 fully saturated rings. The van der Waals surface area contributed by atoms with Crippen LogP contribution in [0, 0.1) is 20.8 Å². The third-order valence-corrected chi connectivity index (χ3v) is 4.74. The number of aromatic nitrogens is 5. The number of hydrogen-bond acceptors (Lipinski definition) is 5. The molecular formula is C12H14N6O2S. The number of nitrogens with zero attached hydrogens (tertiary/aromatic N) is 4. The predicted octanol–water partition coefficient (Wildman–Crippen LogP) is 1.18. The largest absolute Gasteiger partial charge is 0.278 e. The lowest BCUT2D eigenvalue weighted by atomic mass is 10.1. The summed E-state index contributed by atoms with van der Waals surface area (Å²) in [5, 5.41) is 10.3. The first-order chi connectivity index (χ1) is 9.88. The first-order valence-corrected chi connectivity index (χ1v) is 7.72. The summed E-state index contributed by atoms with van der Waals surface area (Å²) in [7, 11) is -3.75. The lowest BCUT2D eigenvalue weighted by Crippen LogP contribution is -2.17. The van der Waals surface area contributed by atoms with Crippen LogP contribution in [0.25, 0.3) is 5.78 Å². The lowest BCUT2D eigenvalue weighted by molar-refractivity contribution is 0.599. The second-order valence-corrected chi connectivity index (χ2v) is 6.50. The summed E-state index contributed by atoms with van der Waals surface area (Å²) in [4.78, 5) is 4.14. The Bertz CT molecular complexity index is 901. The van der Waals surface area contributed by atoms with E-state index >= 15 is 0 Å². The number of hydrogen-bond donors (Lipinski definition) is 2. The van der Waals surface area contributed by atoms with Crippen molar-refractivity contribution in [3.05, 3.63) is 35.2 Å². The van der Waals surface area contributed by atoms with Crippen LogP contribution < -0.4 is 4.72 Å². The topological polar surface area (TPSA) is 105 Å². The maximum atomic E-state index is 12.6. The minimum atomic E-state index is -3.75. The van der Waals surface area contributed by atoms with Crippen molar-refractivity contribution in [2.75, 3.05) is 4.72 Å². The minimum Gasteiger partial charge on any atom is -0.278 e. The molecule has 0 spiro atoms. The highest BCUT2D eigenvalue weighted by Crippen LogP contribution is 2.23. The van der Waals surface area contributed by atoms with Gasteiger partial charge in [0, 0.05) is 0 Å². The molecular weight excluding hydrogens is 292 g/mol. The zero-order valence-electron chi connectivity index (χ0n) is 11.7. The Balaban J connectivity index is 2.08. The summed E-state index contributed by atoms with van der Waals surface area (Å²) in [6.45, 7) is 5.46. The van der Waals surface area contributed by atoms with E-state index in [4.69, 9.17) is 0 Å². The molecule has 0 unspecified atom stereocenters. The fraction of sp³-hybridized carbons (Fsp3) is 0.250. The van der Waals surface area contributed by atoms with Crippen LogP contribution in [0.2, 0.25) is 0 Å². The molecule has 0 aliphatic rings. The van der Waals surface area contributed by atoms with E-state index in [0.29, 0.717) is 16.9 Å². The zero-order valence-corrected chi connectivity index (χ0v) is 12.6. The number of H-pyrrole nitrogens is 1. The smallest absolute Gasteiger partial charge is 0.273 e. The monoisotopic (exact) mass is 306 g/mol. The summed E-state index contributed by atoms with van der Waals surface area (Å²) in [5.41, 5.74) is 2.39. The molecule has 21 heavy (non-hydrogen) atoms. The van der Waals surface area contributed by atoms with E-state index in [1.54, 1.807) is 13.8 Å². The van der Waals surface area contributed by atoms with Crippen molar-refractivity contribution in [1.82, 2.24) is 24.8 Å². The van der Waals surface area contributed by atoms with E-state index in [9.17, 15) is 8.42 Å². The van der Waals surface area contributed by atoms with Crippen molar-refractivity contribution in [3.63, 3.8) is 0 Å². The number of sulfonamides is 1. The normalized spacial score (nSPS) is 12.0. The molecule has 9 heteroatoms. The molecule has 2 aromatic heterocycles. The van der Waals surface area contributed by atoms with Crippen LogP contribution in [-0.2, 0) is 10.0 Å². The molecule has 0 aliphatic carbocycles. The van der Waals surface area contributed by atoms with Crippen LogP contribution in [0.1, 0.15) is 16.7 Å². The number of fused-ring (bicyclic) bond motifs is 1. The first-order valence-electron chi connectivity index (χ1n) is 6.23. The third kappa shape index (κ3) is 2.25. The zero-order chi connectivity index (χ0) is 15.2. The number of nitrogens with one attached hydrogen (secondary N) is 2. The van der Waals surface area contributed by atoms with Crippen LogP contribution >= 0.6 is 0 Å². The molecule has 1 aromatic carbocycles. The van der Waals surface area contributed by atoms with Crippen LogP contribution in [0.5, 0.6) is 0 Å². The summed E-state index contributed by atoms with van der Waals surface area (Å²) < 4.78 is 29.0. The number of anilines is 1. The van der Waals surface area contributed by atoms with Gasteiger partial charge in [0.15, 0.2) is 0 Å². The maximum Gasteiger partial charge on any atom is 0.273 e. The van der Waals surface area contributed by atoms with Gasteiger partial charge in [0.1, 0.15) is 6.33 Å². The first kappa shape index (κ1) is 13.6. The fourth-order valence-electron chi connectivity index (χ4n) is 2.45. The predicted molar refractivity (Wildman–Crippen MR) is 76.6 cm³/mol. The fourth-order valence-corrected chi connectivity index (χ4v) is 3.89. The molecule has 3 aromatic rings. The molecule has 0 saturated carbocycles. The number of aryl methyl sites for hydroxylation is 3. The molecule has 0 atom stereocenters. The maximum absolute atomic E-state index is 12.6. The molecule has 8 nitrogen and oxygen atoms in total. The average Bonchev–Trinajstić information content (AvgIpc) is 2.92. The van der Waals surface area contributed by atoms with Crippen molar-refractivity contribution < 1.29 is 8.42 Å². The van der Waals surface area contributed by atoms with E-state index in [-0.39, 0.29) is 10.8 Å². The van der Waals surface area contributed by atoms with Crippen LogP contribution in [-0.4, -0.2) is 33.2 Å². The molecule has 0 aliphatic heterocycles. The van der Waals surface area contributed by atoms with Crippen molar-refractivity contribution >= 4 is 21.7 Å². The van der Waals surface area contributed by atoms with Crippen LogP contribution in [0.3, 0.4) is 0 Å². The Morgan fingerprint density at radius 1 is 1.14 bits per heavy atom. The SMILES string of the molecule is Cc1cc(C)c(S(=O)(=O)Nc2nnc3nc[nH]n23)c(C)c1. The van der Waals surface area contributed by atoms with Crippen molar-refractivity contribution in [2.45, 2.75) is 25.7 Å². The summed E-state index contributed by atoms with van der Waals surface area (Å²) >= 11 is 0. The van der Waals surface area contributed by atoms with Gasteiger partial charge in [-0.25, -0.2) is 13.1 Å². The highest BCUT2D eigenvalue weighted by molar-refractivity contribution is 7.92. The average molecular weight is 306 g/mol. The van der Waals surface area contributed by atoms with Gasteiger partial charge >= 0.3 is 0 Å². The van der Waals surface area contributed by atoms with Gasteiger partial charge in [-0.05, 0) is 31.9 Å². The number of aromatic amines is 1. The van der Waals surface area contributed by atoms with Crippen molar-refractivity contribution in [2.24, 2.45) is 0 Å². The Morgan fingerprint density at radius 3 is 2.48 bits per heavy atom. The standard InChI is InChI=1S/C12H14N6O2S/c1-7-4-8(2)10(9(3)5-7)21(19,20)17-12-16-15-11-13-6-14-18(11)12/h4-6H,1-3H3,(H,16,17)(H,13,14,15). The van der Waals surface area contributed by atoms with Gasteiger partial charge < -0.3 is 0 Å². The van der Waals surface area contributed by atoms with Crippen molar-refractivity contribution in [1.29, 1.82) is 0 Å². The van der Waals surface area contributed by atoms with Gasteiger partial charge in [-0.15, -0.1) is 10.2 Å². The Morgan fingerprint density at radius 2 is 1.81 bits per heavy atom. The Hall–Kier alpha value is -2.42. The van der Waals surface area contributed by atoms with E-state index in [1.807, 2.05) is 19.1 Å². The van der Waals surface area contributed by atoms with Gasteiger partial charge in [0.05, 0.1) is 4.90 Å². The second-order valence-electron chi connectivity index (χ2n) is 4.88. The minimum absolute atomic E-state index is 0.0712.